The lowest BCUT2D eigenvalue weighted by Crippen LogP contribution is -2.43. The van der Waals surface area contributed by atoms with Crippen molar-refractivity contribution in [3.05, 3.63) is 52.0 Å². The van der Waals surface area contributed by atoms with E-state index >= 15 is 0 Å². The van der Waals surface area contributed by atoms with Crippen molar-refractivity contribution in [1.29, 1.82) is 5.26 Å². The fourth-order valence-electron chi connectivity index (χ4n) is 3.24. The number of nitriles is 1. The van der Waals surface area contributed by atoms with Gasteiger partial charge in [0.15, 0.2) is 0 Å². The van der Waals surface area contributed by atoms with Gasteiger partial charge in [-0.3, -0.25) is 4.79 Å². The molecule has 1 aliphatic heterocycles. The standard InChI is InChI=1S/C22H25N3O3S/c1-17-24-19(16-29-17)15-28-21-5-2-4-18(14-21)6-7-22(26)25(11-3-10-23)20-8-12-27-13-9-20/h2,4-7,14,16,20H,3,8-9,11-13,15H2,1H3/b7-6+. The summed E-state index contributed by atoms with van der Waals surface area (Å²) in [6.07, 6.45) is 5.32. The number of nitrogens with zero attached hydrogens (tertiary/aromatic N) is 3. The molecule has 1 aliphatic rings. The van der Waals surface area contributed by atoms with Gasteiger partial charge in [0.25, 0.3) is 0 Å². The summed E-state index contributed by atoms with van der Waals surface area (Å²) in [5.41, 5.74) is 1.80. The van der Waals surface area contributed by atoms with Crippen molar-refractivity contribution in [2.24, 2.45) is 0 Å². The van der Waals surface area contributed by atoms with Crippen molar-refractivity contribution in [1.82, 2.24) is 9.88 Å². The van der Waals surface area contributed by atoms with Gasteiger partial charge < -0.3 is 14.4 Å². The average molecular weight is 412 g/mol. The summed E-state index contributed by atoms with van der Waals surface area (Å²) in [4.78, 5) is 19.0. The molecular weight excluding hydrogens is 386 g/mol. The highest BCUT2D eigenvalue weighted by molar-refractivity contribution is 7.09. The van der Waals surface area contributed by atoms with Crippen LogP contribution in [-0.4, -0.2) is 41.6 Å². The Morgan fingerprint density at radius 3 is 3.00 bits per heavy atom. The molecule has 0 atom stereocenters. The quantitative estimate of drug-likeness (QED) is 0.615. The van der Waals surface area contributed by atoms with Crippen LogP contribution in [0.25, 0.3) is 6.08 Å². The summed E-state index contributed by atoms with van der Waals surface area (Å²) in [6.45, 7) is 4.14. The van der Waals surface area contributed by atoms with E-state index in [0.717, 1.165) is 34.9 Å². The number of aromatic nitrogens is 1. The summed E-state index contributed by atoms with van der Waals surface area (Å²) in [5, 5.41) is 11.9. The molecule has 0 bridgehead atoms. The molecule has 0 radical (unpaired) electrons. The summed E-state index contributed by atoms with van der Waals surface area (Å²) in [6, 6.07) is 9.88. The second-order valence-electron chi connectivity index (χ2n) is 6.84. The Kier molecular flexibility index (Phi) is 7.79. The highest BCUT2D eigenvalue weighted by Crippen LogP contribution is 2.19. The van der Waals surface area contributed by atoms with E-state index in [0.29, 0.717) is 32.8 Å². The zero-order chi connectivity index (χ0) is 20.5. The number of ether oxygens (including phenoxy) is 2. The van der Waals surface area contributed by atoms with Gasteiger partial charge in [-0.05, 0) is 43.5 Å². The summed E-state index contributed by atoms with van der Waals surface area (Å²) >= 11 is 1.60. The van der Waals surface area contributed by atoms with Crippen molar-refractivity contribution in [3.8, 4) is 11.8 Å². The Balaban J connectivity index is 1.62. The molecule has 7 heteroatoms. The van der Waals surface area contributed by atoms with Crippen molar-refractivity contribution in [2.45, 2.75) is 38.8 Å². The topological polar surface area (TPSA) is 75.5 Å². The summed E-state index contributed by atoms with van der Waals surface area (Å²) in [7, 11) is 0. The molecule has 0 saturated carbocycles. The molecule has 0 spiro atoms. The lowest BCUT2D eigenvalue weighted by atomic mass is 10.1. The molecule has 0 unspecified atom stereocenters. The Hall–Kier alpha value is -2.69. The molecule has 0 N–H and O–H groups in total. The van der Waals surface area contributed by atoms with Crippen LogP contribution in [0, 0.1) is 18.3 Å². The number of carbonyl (C=O) groups is 1. The lowest BCUT2D eigenvalue weighted by molar-refractivity contribution is -0.130. The summed E-state index contributed by atoms with van der Waals surface area (Å²) < 4.78 is 11.2. The number of carbonyl (C=O) groups excluding carboxylic acids is 1. The Labute approximate surface area is 175 Å². The molecule has 0 aliphatic carbocycles. The number of benzene rings is 1. The van der Waals surface area contributed by atoms with E-state index < -0.39 is 0 Å². The highest BCUT2D eigenvalue weighted by Gasteiger charge is 2.24. The zero-order valence-electron chi connectivity index (χ0n) is 16.5. The number of hydrogen-bond donors (Lipinski definition) is 0. The maximum Gasteiger partial charge on any atom is 0.246 e. The fraction of sp³-hybridized carbons (Fsp3) is 0.409. The van der Waals surface area contributed by atoms with Crippen molar-refractivity contribution >= 4 is 23.3 Å². The van der Waals surface area contributed by atoms with E-state index in [2.05, 4.69) is 11.1 Å². The largest absolute Gasteiger partial charge is 0.487 e. The molecule has 152 valence electrons. The van der Waals surface area contributed by atoms with Gasteiger partial charge in [0.1, 0.15) is 12.4 Å². The molecule has 3 rings (SSSR count). The van der Waals surface area contributed by atoms with E-state index in [1.807, 2.05) is 36.6 Å². The third-order valence-corrected chi connectivity index (χ3v) is 5.53. The van der Waals surface area contributed by atoms with Crippen LogP contribution in [0.4, 0.5) is 0 Å². The molecule has 6 nitrogen and oxygen atoms in total. The van der Waals surface area contributed by atoms with E-state index in [1.54, 1.807) is 28.4 Å². The van der Waals surface area contributed by atoms with E-state index in [4.69, 9.17) is 14.7 Å². The minimum Gasteiger partial charge on any atom is -0.487 e. The normalized spacial score (nSPS) is 14.6. The minimum absolute atomic E-state index is 0.0728. The van der Waals surface area contributed by atoms with Crippen LogP contribution in [0.2, 0.25) is 0 Å². The number of hydrogen-bond acceptors (Lipinski definition) is 6. The number of rotatable bonds is 8. The van der Waals surface area contributed by atoms with Crippen molar-refractivity contribution < 1.29 is 14.3 Å². The van der Waals surface area contributed by atoms with Crippen LogP contribution in [0.1, 0.15) is 35.5 Å². The van der Waals surface area contributed by atoms with E-state index in [9.17, 15) is 4.79 Å². The van der Waals surface area contributed by atoms with Crippen molar-refractivity contribution in [3.63, 3.8) is 0 Å². The minimum atomic E-state index is -0.0728. The first-order chi connectivity index (χ1) is 14.2. The molecule has 2 aromatic rings. The van der Waals surface area contributed by atoms with Gasteiger partial charge in [-0.25, -0.2) is 4.98 Å². The number of amides is 1. The van der Waals surface area contributed by atoms with Crippen LogP contribution >= 0.6 is 11.3 Å². The molecule has 1 fully saturated rings. The molecule has 1 aromatic carbocycles. The molecule has 1 saturated heterocycles. The molecule has 2 heterocycles. The Morgan fingerprint density at radius 2 is 2.28 bits per heavy atom. The third-order valence-electron chi connectivity index (χ3n) is 4.71. The second kappa shape index (κ2) is 10.7. The molecule has 1 aromatic heterocycles. The van der Waals surface area contributed by atoms with E-state index in [-0.39, 0.29) is 11.9 Å². The van der Waals surface area contributed by atoms with Crippen LogP contribution < -0.4 is 4.74 Å². The van der Waals surface area contributed by atoms with Gasteiger partial charge in [0, 0.05) is 37.3 Å². The van der Waals surface area contributed by atoms with Gasteiger partial charge in [-0.2, -0.15) is 5.26 Å². The monoisotopic (exact) mass is 411 g/mol. The van der Waals surface area contributed by atoms with E-state index in [1.165, 1.54) is 0 Å². The second-order valence-corrected chi connectivity index (χ2v) is 7.90. The number of aryl methyl sites for hydroxylation is 1. The van der Waals surface area contributed by atoms with Gasteiger partial charge in [0.05, 0.1) is 23.2 Å². The Morgan fingerprint density at radius 1 is 1.45 bits per heavy atom. The van der Waals surface area contributed by atoms with Crippen LogP contribution in [-0.2, 0) is 16.1 Å². The van der Waals surface area contributed by atoms with Gasteiger partial charge in [-0.15, -0.1) is 11.3 Å². The molecule has 29 heavy (non-hydrogen) atoms. The SMILES string of the molecule is Cc1nc(COc2cccc(/C=C/C(=O)N(CCC#N)C3CCOCC3)c2)cs1. The summed E-state index contributed by atoms with van der Waals surface area (Å²) in [5.74, 6) is 0.660. The van der Waals surface area contributed by atoms with Crippen LogP contribution in [0.5, 0.6) is 5.75 Å². The fourth-order valence-corrected chi connectivity index (χ4v) is 3.84. The average Bonchev–Trinajstić information content (AvgIpc) is 3.17. The molecule has 1 amide bonds. The smallest absolute Gasteiger partial charge is 0.246 e. The molecular formula is C22H25N3O3S. The maximum absolute atomic E-state index is 12.8. The zero-order valence-corrected chi connectivity index (χ0v) is 17.4. The van der Waals surface area contributed by atoms with Gasteiger partial charge in [0.2, 0.25) is 5.91 Å². The maximum atomic E-state index is 12.8. The predicted molar refractivity (Wildman–Crippen MR) is 112 cm³/mol. The first-order valence-corrected chi connectivity index (χ1v) is 10.6. The third kappa shape index (κ3) is 6.41. The predicted octanol–water partition coefficient (Wildman–Crippen LogP) is 3.97. The van der Waals surface area contributed by atoms with Gasteiger partial charge in [-0.1, -0.05) is 12.1 Å². The first kappa shape index (κ1) is 21.0. The van der Waals surface area contributed by atoms with Gasteiger partial charge >= 0.3 is 0 Å². The highest BCUT2D eigenvalue weighted by atomic mass is 32.1. The van der Waals surface area contributed by atoms with Crippen LogP contribution in [0.3, 0.4) is 0 Å². The Bertz CT molecular complexity index is 881. The van der Waals surface area contributed by atoms with Crippen LogP contribution in [0.15, 0.2) is 35.7 Å². The number of thiazole rings is 1. The van der Waals surface area contributed by atoms with Crippen molar-refractivity contribution in [2.75, 3.05) is 19.8 Å². The lowest BCUT2D eigenvalue weighted by Gasteiger charge is -2.33. The first-order valence-electron chi connectivity index (χ1n) is 9.73.